The first-order valence-corrected chi connectivity index (χ1v) is 12.2. The zero-order valence-electron chi connectivity index (χ0n) is 17.7. The fourth-order valence-electron chi connectivity index (χ4n) is 3.95. The van der Waals surface area contributed by atoms with E-state index in [1.165, 1.54) is 27.2 Å². The van der Waals surface area contributed by atoms with Crippen molar-refractivity contribution >= 4 is 26.7 Å². The molecule has 0 saturated heterocycles. The summed E-state index contributed by atoms with van der Waals surface area (Å²) in [4.78, 5) is 34.7. The van der Waals surface area contributed by atoms with Crippen LogP contribution in [0.5, 0.6) is 5.75 Å². The lowest BCUT2D eigenvalue weighted by Gasteiger charge is -2.41. The molecule has 0 amide bonds. The number of aryl methyl sites for hydroxylation is 1. The molecule has 0 N–H and O–H groups in total. The van der Waals surface area contributed by atoms with Crippen molar-refractivity contribution in [3.63, 3.8) is 0 Å². The van der Waals surface area contributed by atoms with Gasteiger partial charge in [0, 0.05) is 39.2 Å². The largest absolute Gasteiger partial charge is 0.705 e. The van der Waals surface area contributed by atoms with E-state index < -0.39 is 32.5 Å². The topological polar surface area (TPSA) is 97.4 Å². The average molecular weight is 437 g/mol. The van der Waals surface area contributed by atoms with Gasteiger partial charge in [-0.15, -0.1) is 0 Å². The van der Waals surface area contributed by atoms with Gasteiger partial charge in [0.1, 0.15) is 5.75 Å². The van der Waals surface area contributed by atoms with Gasteiger partial charge in [-0.1, -0.05) is 12.5 Å². The van der Waals surface area contributed by atoms with E-state index in [4.69, 9.17) is 22.8 Å². The monoisotopic (exact) mass is 436 g/mol. The van der Waals surface area contributed by atoms with Crippen LogP contribution < -0.4 is 4.74 Å². The van der Waals surface area contributed by atoms with Crippen LogP contribution in [-0.4, -0.2) is 32.5 Å². The summed E-state index contributed by atoms with van der Waals surface area (Å²) in [5, 5.41) is 0. The predicted molar refractivity (Wildman–Crippen MR) is 107 cm³/mol. The van der Waals surface area contributed by atoms with Crippen molar-refractivity contribution in [1.29, 1.82) is 0 Å². The van der Waals surface area contributed by atoms with Crippen molar-refractivity contribution in [2.75, 3.05) is 0 Å². The zero-order valence-corrected chi connectivity index (χ0v) is 18.7. The van der Waals surface area contributed by atoms with Crippen LogP contribution in [0.4, 0.5) is 0 Å². The Morgan fingerprint density at radius 2 is 1.57 bits per heavy atom. The van der Waals surface area contributed by atoms with Crippen molar-refractivity contribution in [3.8, 4) is 5.75 Å². The number of carbonyl (C=O) groups is 3. The molecule has 164 valence electrons. The second-order valence-corrected chi connectivity index (χ2v) is 10.2. The molecule has 8 nitrogen and oxygen atoms in total. The highest BCUT2D eigenvalue weighted by atomic mass is 28.4. The van der Waals surface area contributed by atoms with E-state index >= 15 is 0 Å². The van der Waals surface area contributed by atoms with Crippen LogP contribution in [0.25, 0.3) is 0 Å². The van der Waals surface area contributed by atoms with E-state index in [1.54, 1.807) is 0 Å². The Labute approximate surface area is 177 Å². The average Bonchev–Trinajstić information content (AvgIpc) is 2.65. The first-order chi connectivity index (χ1) is 14.2. The summed E-state index contributed by atoms with van der Waals surface area (Å²) in [6.45, 7) is 4.01. The molecule has 1 spiro atoms. The van der Waals surface area contributed by atoms with Crippen molar-refractivity contribution in [2.45, 2.75) is 77.7 Å². The Hall–Kier alpha value is -2.39. The number of hydrogen-bond donors (Lipinski definition) is 0. The molecule has 0 aromatic heterocycles. The normalized spacial score (nSPS) is 17.4. The van der Waals surface area contributed by atoms with Gasteiger partial charge in [-0.3, -0.25) is 14.4 Å². The molecule has 9 heteroatoms. The van der Waals surface area contributed by atoms with Crippen LogP contribution >= 0.6 is 0 Å². The molecule has 1 aromatic carbocycles. The van der Waals surface area contributed by atoms with Crippen molar-refractivity contribution in [3.05, 3.63) is 29.3 Å². The highest BCUT2D eigenvalue weighted by molar-refractivity contribution is 6.65. The molecule has 1 aliphatic carbocycles. The highest BCUT2D eigenvalue weighted by Gasteiger charge is 2.51. The van der Waals surface area contributed by atoms with Crippen LogP contribution in [0.2, 0.25) is 6.04 Å². The van der Waals surface area contributed by atoms with Crippen LogP contribution in [-0.2, 0) is 45.4 Å². The number of rotatable bonds is 6. The summed E-state index contributed by atoms with van der Waals surface area (Å²) in [7, 11) is -3.85. The minimum absolute atomic E-state index is 0.0934. The lowest BCUT2D eigenvalue weighted by atomic mass is 9.93. The molecule has 30 heavy (non-hydrogen) atoms. The molecule has 1 fully saturated rings. The summed E-state index contributed by atoms with van der Waals surface area (Å²) in [6.07, 6.45) is 5.59. The molecule has 1 saturated carbocycles. The summed E-state index contributed by atoms with van der Waals surface area (Å²) in [6, 6.07) is 5.88. The lowest BCUT2D eigenvalue weighted by molar-refractivity contribution is -0.222. The number of fused-ring (bicyclic) bond motifs is 1. The molecule has 3 rings (SSSR count). The maximum absolute atomic E-state index is 11.6. The molecule has 1 aliphatic heterocycles. The zero-order chi connectivity index (χ0) is 21.8. The maximum Gasteiger partial charge on any atom is 0.705 e. The fourth-order valence-corrected chi connectivity index (χ4v) is 6.29. The van der Waals surface area contributed by atoms with Crippen LogP contribution in [0.3, 0.4) is 0 Å². The summed E-state index contributed by atoms with van der Waals surface area (Å²) < 4.78 is 28.0. The molecule has 0 unspecified atom stereocenters. The molecule has 0 atom stereocenters. The number of hydrogen-bond acceptors (Lipinski definition) is 8. The smallest absolute Gasteiger partial charge is 0.462 e. The second kappa shape index (κ2) is 9.17. The van der Waals surface area contributed by atoms with Gasteiger partial charge in [-0.2, -0.15) is 0 Å². The molecule has 0 bridgehead atoms. The predicted octanol–water partition coefficient (Wildman–Crippen LogP) is 3.43. The van der Waals surface area contributed by atoms with Gasteiger partial charge >= 0.3 is 8.80 Å². The highest BCUT2D eigenvalue weighted by Crippen LogP contribution is 2.40. The third-order valence-electron chi connectivity index (χ3n) is 5.14. The Morgan fingerprint density at radius 3 is 2.13 bits per heavy atom. The minimum atomic E-state index is -3.85. The molecule has 1 aromatic rings. The molecular formula is C21H28O8Si. The van der Waals surface area contributed by atoms with Gasteiger partial charge in [0.05, 0.1) is 12.7 Å². The standard InChI is InChI=1S/C21H28O8Si/c1-15(22)27-30(28-16(2)23,29-17(3)24)12-9-18-7-8-20-19(13-18)14-25-21(26-20)10-5-4-6-11-21/h7-8,13H,4-6,9-12,14H2,1-3H3. The van der Waals surface area contributed by atoms with Crippen molar-refractivity contribution in [2.24, 2.45) is 0 Å². The molecular weight excluding hydrogens is 408 g/mol. The van der Waals surface area contributed by atoms with E-state index in [-0.39, 0.29) is 6.04 Å². The number of carbonyl (C=O) groups excluding carboxylic acids is 3. The number of benzene rings is 1. The van der Waals surface area contributed by atoms with Crippen LogP contribution in [0.15, 0.2) is 18.2 Å². The van der Waals surface area contributed by atoms with Gasteiger partial charge in [-0.05, 0) is 37.0 Å². The van der Waals surface area contributed by atoms with Gasteiger partial charge < -0.3 is 22.8 Å². The van der Waals surface area contributed by atoms with E-state index in [0.717, 1.165) is 42.6 Å². The summed E-state index contributed by atoms with van der Waals surface area (Å²) >= 11 is 0. The first kappa shape index (κ1) is 22.3. The SMILES string of the molecule is CC(=O)O[Si](CCc1ccc2c(c1)COC1(CCCCC1)O2)(OC(C)=O)OC(C)=O. The Morgan fingerprint density at radius 1 is 0.967 bits per heavy atom. The Kier molecular flexibility index (Phi) is 6.82. The van der Waals surface area contributed by atoms with Crippen molar-refractivity contribution < 1.29 is 37.1 Å². The first-order valence-electron chi connectivity index (χ1n) is 10.2. The summed E-state index contributed by atoms with van der Waals surface area (Å²) in [5.74, 6) is -1.71. The van der Waals surface area contributed by atoms with E-state index in [2.05, 4.69) is 0 Å². The van der Waals surface area contributed by atoms with E-state index in [9.17, 15) is 14.4 Å². The molecule has 1 heterocycles. The van der Waals surface area contributed by atoms with Crippen LogP contribution in [0.1, 0.15) is 64.0 Å². The third-order valence-corrected chi connectivity index (χ3v) is 7.80. The summed E-state index contributed by atoms with van der Waals surface area (Å²) in [5.41, 5.74) is 1.84. The van der Waals surface area contributed by atoms with Gasteiger partial charge in [-0.25, -0.2) is 0 Å². The van der Waals surface area contributed by atoms with Gasteiger partial charge in [0.25, 0.3) is 17.9 Å². The molecule has 0 radical (unpaired) electrons. The quantitative estimate of drug-likeness (QED) is 0.626. The molecule has 2 aliphatic rings. The Balaban J connectivity index is 1.73. The van der Waals surface area contributed by atoms with Gasteiger partial charge in [0.2, 0.25) is 5.79 Å². The number of ether oxygens (including phenoxy) is 2. The van der Waals surface area contributed by atoms with Crippen molar-refractivity contribution in [1.82, 2.24) is 0 Å². The van der Waals surface area contributed by atoms with E-state index in [1.807, 2.05) is 18.2 Å². The van der Waals surface area contributed by atoms with Crippen LogP contribution in [0, 0.1) is 0 Å². The van der Waals surface area contributed by atoms with E-state index in [0.29, 0.717) is 13.0 Å². The fraction of sp³-hybridized carbons (Fsp3) is 0.571. The maximum atomic E-state index is 11.6. The Bertz CT molecular complexity index is 774. The second-order valence-electron chi connectivity index (χ2n) is 7.77. The minimum Gasteiger partial charge on any atom is -0.462 e. The third kappa shape index (κ3) is 5.60. The lowest BCUT2D eigenvalue weighted by Crippen LogP contribution is -2.49. The van der Waals surface area contributed by atoms with Gasteiger partial charge in [0.15, 0.2) is 0 Å².